The van der Waals surface area contributed by atoms with Gasteiger partial charge in [0.25, 0.3) is 0 Å². The maximum Gasteiger partial charge on any atom is 0.238 e. The molecule has 0 bridgehead atoms. The van der Waals surface area contributed by atoms with E-state index in [1.165, 1.54) is 22.6 Å². The Labute approximate surface area is 118 Å². The SMILES string of the molecule is C[C@@H](Sc1nnnn1C)C(=O)Nc1ccc(Cl)cn1. The van der Waals surface area contributed by atoms with Crippen LogP contribution in [0.5, 0.6) is 0 Å². The molecule has 2 heterocycles. The summed E-state index contributed by atoms with van der Waals surface area (Å²) in [4.78, 5) is 15.9. The number of hydrogen-bond acceptors (Lipinski definition) is 6. The monoisotopic (exact) mass is 298 g/mol. The number of carbonyl (C=O) groups is 1. The lowest BCUT2D eigenvalue weighted by molar-refractivity contribution is -0.115. The van der Waals surface area contributed by atoms with Crippen LogP contribution >= 0.6 is 23.4 Å². The van der Waals surface area contributed by atoms with Gasteiger partial charge in [-0.3, -0.25) is 4.79 Å². The second-order valence-electron chi connectivity index (χ2n) is 3.70. The molecular weight excluding hydrogens is 288 g/mol. The molecular formula is C10H11ClN6OS. The summed E-state index contributed by atoms with van der Waals surface area (Å²) in [5.74, 6) is 0.278. The fourth-order valence-corrected chi connectivity index (χ4v) is 2.08. The lowest BCUT2D eigenvalue weighted by atomic mass is 10.4. The molecule has 2 aromatic rings. The Bertz CT molecular complexity index is 572. The normalized spacial score (nSPS) is 12.2. The number of nitrogens with zero attached hydrogens (tertiary/aromatic N) is 5. The van der Waals surface area contributed by atoms with Crippen LogP contribution in [0.25, 0.3) is 0 Å². The highest BCUT2D eigenvalue weighted by molar-refractivity contribution is 8.00. The van der Waals surface area contributed by atoms with E-state index in [2.05, 4.69) is 25.8 Å². The van der Waals surface area contributed by atoms with Crippen molar-refractivity contribution in [2.45, 2.75) is 17.3 Å². The van der Waals surface area contributed by atoms with Gasteiger partial charge in [0.1, 0.15) is 5.82 Å². The summed E-state index contributed by atoms with van der Waals surface area (Å²) in [5.41, 5.74) is 0. The van der Waals surface area contributed by atoms with E-state index in [9.17, 15) is 4.79 Å². The minimum absolute atomic E-state index is 0.178. The first-order valence-electron chi connectivity index (χ1n) is 5.37. The number of anilines is 1. The van der Waals surface area contributed by atoms with Gasteiger partial charge in [-0.25, -0.2) is 9.67 Å². The molecule has 2 aromatic heterocycles. The molecule has 0 aromatic carbocycles. The first kappa shape index (κ1) is 13.8. The highest BCUT2D eigenvalue weighted by Crippen LogP contribution is 2.20. The molecule has 7 nitrogen and oxygen atoms in total. The maximum atomic E-state index is 12.0. The van der Waals surface area contributed by atoms with Crippen molar-refractivity contribution >= 4 is 35.1 Å². The Morgan fingerprint density at radius 2 is 2.32 bits per heavy atom. The van der Waals surface area contributed by atoms with Crippen molar-refractivity contribution in [2.75, 3.05) is 5.32 Å². The minimum Gasteiger partial charge on any atom is -0.310 e. The van der Waals surface area contributed by atoms with Crippen LogP contribution in [-0.4, -0.2) is 36.3 Å². The lowest BCUT2D eigenvalue weighted by Gasteiger charge is -2.10. The second kappa shape index (κ2) is 5.98. The number of tetrazole rings is 1. The number of halogens is 1. The Balaban J connectivity index is 1.96. The third-order valence-electron chi connectivity index (χ3n) is 2.21. The summed E-state index contributed by atoms with van der Waals surface area (Å²) in [7, 11) is 1.72. The first-order chi connectivity index (χ1) is 9.06. The van der Waals surface area contributed by atoms with Crippen LogP contribution in [-0.2, 0) is 11.8 Å². The standard InChI is InChI=1S/C10H11ClN6OS/c1-6(19-10-14-15-16-17(10)2)9(18)13-8-4-3-7(11)5-12-8/h3-6H,1-2H3,(H,12,13,18)/t6-/m1/s1. The number of aromatic nitrogens is 5. The van der Waals surface area contributed by atoms with Gasteiger partial charge in [0.15, 0.2) is 0 Å². The average Bonchev–Trinajstić information content (AvgIpc) is 2.78. The number of hydrogen-bond donors (Lipinski definition) is 1. The first-order valence-corrected chi connectivity index (χ1v) is 6.63. The summed E-state index contributed by atoms with van der Waals surface area (Å²) >= 11 is 6.99. The van der Waals surface area contributed by atoms with Crippen molar-refractivity contribution in [3.05, 3.63) is 23.4 Å². The summed E-state index contributed by atoms with van der Waals surface area (Å²) in [6.07, 6.45) is 1.47. The zero-order chi connectivity index (χ0) is 13.8. The molecule has 0 fully saturated rings. The number of rotatable bonds is 4. The molecule has 19 heavy (non-hydrogen) atoms. The van der Waals surface area contributed by atoms with Gasteiger partial charge in [-0.05, 0) is 29.5 Å². The van der Waals surface area contributed by atoms with E-state index in [-0.39, 0.29) is 11.2 Å². The van der Waals surface area contributed by atoms with Crippen molar-refractivity contribution < 1.29 is 4.79 Å². The zero-order valence-corrected chi connectivity index (χ0v) is 11.8. The van der Waals surface area contributed by atoms with E-state index in [1.54, 1.807) is 26.1 Å². The summed E-state index contributed by atoms with van der Waals surface area (Å²) in [6.45, 7) is 1.77. The summed E-state index contributed by atoms with van der Waals surface area (Å²) in [5, 5.41) is 14.5. The van der Waals surface area contributed by atoms with Crippen molar-refractivity contribution in [3.63, 3.8) is 0 Å². The molecule has 1 N–H and O–H groups in total. The van der Waals surface area contributed by atoms with Crippen molar-refractivity contribution in [1.82, 2.24) is 25.2 Å². The van der Waals surface area contributed by atoms with Crippen molar-refractivity contribution in [1.29, 1.82) is 0 Å². The van der Waals surface area contributed by atoms with E-state index >= 15 is 0 Å². The molecule has 9 heteroatoms. The molecule has 0 spiro atoms. The van der Waals surface area contributed by atoms with Crippen LogP contribution in [0.2, 0.25) is 5.02 Å². The molecule has 0 aliphatic heterocycles. The van der Waals surface area contributed by atoms with Crippen LogP contribution in [0.15, 0.2) is 23.5 Å². The van der Waals surface area contributed by atoms with Crippen LogP contribution in [0.1, 0.15) is 6.92 Å². The number of nitrogens with one attached hydrogen (secondary N) is 1. The van der Waals surface area contributed by atoms with Crippen molar-refractivity contribution in [3.8, 4) is 0 Å². The van der Waals surface area contributed by atoms with Crippen molar-refractivity contribution in [2.24, 2.45) is 7.05 Å². The molecule has 0 saturated heterocycles. The molecule has 100 valence electrons. The van der Waals surface area contributed by atoms with E-state index in [1.807, 2.05) is 0 Å². The molecule has 0 aliphatic carbocycles. The number of thioether (sulfide) groups is 1. The van der Waals surface area contributed by atoms with E-state index < -0.39 is 0 Å². The third kappa shape index (κ3) is 3.65. The minimum atomic E-state index is -0.345. The predicted octanol–water partition coefficient (Wildman–Crippen LogP) is 1.38. The van der Waals surface area contributed by atoms with Gasteiger partial charge in [0, 0.05) is 13.2 Å². The third-order valence-corrected chi connectivity index (χ3v) is 3.56. The van der Waals surface area contributed by atoms with Crippen LogP contribution in [0, 0.1) is 0 Å². The summed E-state index contributed by atoms with van der Waals surface area (Å²) in [6, 6.07) is 3.30. The number of carbonyl (C=O) groups excluding carboxylic acids is 1. The number of pyridine rings is 1. The zero-order valence-electron chi connectivity index (χ0n) is 10.2. The Kier molecular flexibility index (Phi) is 4.33. The number of amides is 1. The molecule has 0 aliphatic rings. The molecule has 2 rings (SSSR count). The maximum absolute atomic E-state index is 12.0. The topological polar surface area (TPSA) is 85.6 Å². The average molecular weight is 299 g/mol. The molecule has 1 atom stereocenters. The van der Waals surface area contributed by atoms with Crippen LogP contribution in [0.3, 0.4) is 0 Å². The largest absolute Gasteiger partial charge is 0.310 e. The quantitative estimate of drug-likeness (QED) is 0.858. The van der Waals surface area contributed by atoms with Gasteiger partial charge < -0.3 is 5.32 Å². The number of aryl methyl sites for hydroxylation is 1. The van der Waals surface area contributed by atoms with Crippen LogP contribution in [0.4, 0.5) is 5.82 Å². The Hall–Kier alpha value is -1.67. The Morgan fingerprint density at radius 3 is 2.89 bits per heavy atom. The van der Waals surface area contributed by atoms with Gasteiger partial charge in [0.2, 0.25) is 11.1 Å². The Morgan fingerprint density at radius 1 is 1.53 bits per heavy atom. The van der Waals surface area contributed by atoms with Gasteiger partial charge in [-0.15, -0.1) is 5.10 Å². The lowest BCUT2D eigenvalue weighted by Crippen LogP contribution is -2.23. The fraction of sp³-hybridized carbons (Fsp3) is 0.300. The van der Waals surface area contributed by atoms with Gasteiger partial charge in [0.05, 0.1) is 10.3 Å². The molecule has 0 unspecified atom stereocenters. The highest BCUT2D eigenvalue weighted by Gasteiger charge is 2.17. The van der Waals surface area contributed by atoms with E-state index in [4.69, 9.17) is 11.6 Å². The van der Waals surface area contributed by atoms with Gasteiger partial charge in [-0.1, -0.05) is 23.4 Å². The van der Waals surface area contributed by atoms with Gasteiger partial charge in [-0.2, -0.15) is 0 Å². The van der Waals surface area contributed by atoms with E-state index in [0.717, 1.165) is 0 Å². The predicted molar refractivity (Wildman–Crippen MR) is 72.0 cm³/mol. The molecule has 1 amide bonds. The molecule has 0 saturated carbocycles. The fourth-order valence-electron chi connectivity index (χ4n) is 1.21. The van der Waals surface area contributed by atoms with E-state index in [0.29, 0.717) is 16.0 Å². The van der Waals surface area contributed by atoms with Gasteiger partial charge >= 0.3 is 0 Å². The second-order valence-corrected chi connectivity index (χ2v) is 5.44. The van der Waals surface area contributed by atoms with Crippen LogP contribution < -0.4 is 5.32 Å². The highest BCUT2D eigenvalue weighted by atomic mass is 35.5. The summed E-state index contributed by atoms with van der Waals surface area (Å²) < 4.78 is 1.51. The molecule has 0 radical (unpaired) electrons. The smallest absolute Gasteiger partial charge is 0.238 e.